The molecule has 1 saturated heterocycles. The van der Waals surface area contributed by atoms with Crippen LogP contribution in [0.2, 0.25) is 0 Å². The molecule has 1 aromatic carbocycles. The molecule has 1 aromatic rings. The topological polar surface area (TPSA) is 82.7 Å². The average Bonchev–Trinajstić information content (AvgIpc) is 2.52. The third-order valence-electron chi connectivity index (χ3n) is 3.46. The van der Waals surface area contributed by atoms with Crippen molar-refractivity contribution < 1.29 is 14.3 Å². The molecule has 0 unspecified atom stereocenters. The highest BCUT2D eigenvalue weighted by Gasteiger charge is 2.09. The number of hydrogen-bond donors (Lipinski definition) is 3. The van der Waals surface area contributed by atoms with Gasteiger partial charge in [0.05, 0.1) is 19.8 Å². The summed E-state index contributed by atoms with van der Waals surface area (Å²) in [6, 6.07) is 7.08. The minimum absolute atomic E-state index is 0.105. The van der Waals surface area contributed by atoms with Crippen LogP contribution in [0.3, 0.4) is 0 Å². The molecule has 0 spiro atoms. The molecule has 7 heteroatoms. The van der Waals surface area contributed by atoms with E-state index in [4.69, 9.17) is 4.74 Å². The van der Waals surface area contributed by atoms with Crippen LogP contribution in [0, 0.1) is 0 Å². The highest BCUT2D eigenvalue weighted by Crippen LogP contribution is 2.14. The Morgan fingerprint density at radius 3 is 2.57 bits per heavy atom. The van der Waals surface area contributed by atoms with Gasteiger partial charge in [-0.3, -0.25) is 14.5 Å². The Hall–Kier alpha value is -1.96. The van der Waals surface area contributed by atoms with E-state index in [1.165, 1.54) is 6.92 Å². The van der Waals surface area contributed by atoms with E-state index in [0.717, 1.165) is 39.4 Å². The molecule has 2 rings (SSSR count). The van der Waals surface area contributed by atoms with E-state index >= 15 is 0 Å². The zero-order chi connectivity index (χ0) is 16.5. The van der Waals surface area contributed by atoms with Crippen LogP contribution >= 0.6 is 0 Å². The first kappa shape index (κ1) is 17.4. The molecule has 0 aromatic heterocycles. The van der Waals surface area contributed by atoms with Crippen LogP contribution in [0.1, 0.15) is 6.92 Å². The van der Waals surface area contributed by atoms with Crippen LogP contribution < -0.4 is 16.0 Å². The van der Waals surface area contributed by atoms with Crippen molar-refractivity contribution in [1.29, 1.82) is 0 Å². The van der Waals surface area contributed by atoms with E-state index < -0.39 is 0 Å². The van der Waals surface area contributed by atoms with Crippen LogP contribution in [0.5, 0.6) is 0 Å². The van der Waals surface area contributed by atoms with Crippen molar-refractivity contribution in [2.75, 3.05) is 56.6 Å². The van der Waals surface area contributed by atoms with Gasteiger partial charge < -0.3 is 20.7 Å². The van der Waals surface area contributed by atoms with E-state index in [2.05, 4.69) is 20.9 Å². The van der Waals surface area contributed by atoms with Gasteiger partial charge in [-0.2, -0.15) is 0 Å². The van der Waals surface area contributed by atoms with Gasteiger partial charge in [-0.05, 0) is 18.2 Å². The predicted molar refractivity (Wildman–Crippen MR) is 89.5 cm³/mol. The highest BCUT2D eigenvalue weighted by atomic mass is 16.5. The molecule has 1 aliphatic heterocycles. The van der Waals surface area contributed by atoms with E-state index in [0.29, 0.717) is 11.4 Å². The second kappa shape index (κ2) is 9.24. The van der Waals surface area contributed by atoms with Crippen molar-refractivity contribution in [3.8, 4) is 0 Å². The molecule has 2 amide bonds. The smallest absolute Gasteiger partial charge is 0.238 e. The first-order chi connectivity index (χ1) is 11.1. The Morgan fingerprint density at radius 2 is 1.87 bits per heavy atom. The molecule has 126 valence electrons. The fraction of sp³-hybridized carbons (Fsp3) is 0.500. The van der Waals surface area contributed by atoms with Crippen LogP contribution in [0.25, 0.3) is 0 Å². The number of morpholine rings is 1. The van der Waals surface area contributed by atoms with Crippen LogP contribution in [-0.4, -0.2) is 62.7 Å². The number of carbonyl (C=O) groups is 2. The maximum Gasteiger partial charge on any atom is 0.238 e. The molecule has 0 aliphatic carbocycles. The Bertz CT molecular complexity index is 530. The standard InChI is InChI=1S/C16H24N4O3/c1-13(21)18-14-3-2-4-15(11-14)19-16(22)12-17-5-6-20-7-9-23-10-8-20/h2-4,11,17H,5-10,12H2,1H3,(H,18,21)(H,19,22). The van der Waals surface area contributed by atoms with Gasteiger partial charge in [0, 0.05) is 44.5 Å². The fourth-order valence-electron chi connectivity index (χ4n) is 2.35. The molecule has 1 heterocycles. The van der Waals surface area contributed by atoms with Crippen LogP contribution in [0.4, 0.5) is 11.4 Å². The summed E-state index contributed by atoms with van der Waals surface area (Å²) in [5.41, 5.74) is 1.33. The SMILES string of the molecule is CC(=O)Nc1cccc(NC(=O)CNCCN2CCOCC2)c1. The zero-order valence-electron chi connectivity index (χ0n) is 13.4. The van der Waals surface area contributed by atoms with Gasteiger partial charge in [0.1, 0.15) is 0 Å². The number of ether oxygens (including phenoxy) is 1. The zero-order valence-corrected chi connectivity index (χ0v) is 13.4. The van der Waals surface area contributed by atoms with Gasteiger partial charge in [0.2, 0.25) is 11.8 Å². The first-order valence-electron chi connectivity index (χ1n) is 7.82. The molecule has 0 bridgehead atoms. The van der Waals surface area contributed by atoms with Crippen molar-refractivity contribution in [2.24, 2.45) is 0 Å². The third-order valence-corrected chi connectivity index (χ3v) is 3.46. The lowest BCUT2D eigenvalue weighted by Gasteiger charge is -2.26. The van der Waals surface area contributed by atoms with Crippen molar-refractivity contribution in [3.05, 3.63) is 24.3 Å². The van der Waals surface area contributed by atoms with E-state index in [9.17, 15) is 9.59 Å². The van der Waals surface area contributed by atoms with Crippen molar-refractivity contribution in [3.63, 3.8) is 0 Å². The Labute approximate surface area is 136 Å². The first-order valence-corrected chi connectivity index (χ1v) is 7.82. The Morgan fingerprint density at radius 1 is 1.17 bits per heavy atom. The molecular formula is C16H24N4O3. The molecule has 0 radical (unpaired) electrons. The number of nitrogens with zero attached hydrogens (tertiary/aromatic N) is 1. The van der Waals surface area contributed by atoms with Gasteiger partial charge in [0.15, 0.2) is 0 Å². The quantitative estimate of drug-likeness (QED) is 0.638. The average molecular weight is 320 g/mol. The summed E-state index contributed by atoms with van der Waals surface area (Å²) in [6.45, 7) is 6.84. The largest absolute Gasteiger partial charge is 0.379 e. The number of anilines is 2. The molecule has 1 fully saturated rings. The lowest BCUT2D eigenvalue weighted by molar-refractivity contribution is -0.115. The molecule has 23 heavy (non-hydrogen) atoms. The predicted octanol–water partition coefficient (Wildman–Crippen LogP) is 0.505. The normalized spacial score (nSPS) is 15.2. The fourth-order valence-corrected chi connectivity index (χ4v) is 2.35. The van der Waals surface area contributed by atoms with Crippen LogP contribution in [0.15, 0.2) is 24.3 Å². The molecule has 1 aliphatic rings. The van der Waals surface area contributed by atoms with Crippen molar-refractivity contribution >= 4 is 23.2 Å². The molecule has 3 N–H and O–H groups in total. The summed E-state index contributed by atoms with van der Waals surface area (Å²) in [5.74, 6) is -0.245. The van der Waals surface area contributed by atoms with Gasteiger partial charge in [-0.15, -0.1) is 0 Å². The Balaban J connectivity index is 1.67. The maximum atomic E-state index is 11.9. The van der Waals surface area contributed by atoms with Gasteiger partial charge in [-0.1, -0.05) is 6.07 Å². The summed E-state index contributed by atoms with van der Waals surface area (Å²) >= 11 is 0. The van der Waals surface area contributed by atoms with Gasteiger partial charge in [0.25, 0.3) is 0 Å². The van der Waals surface area contributed by atoms with E-state index in [1.807, 2.05) is 0 Å². The van der Waals surface area contributed by atoms with Gasteiger partial charge >= 0.3 is 0 Å². The van der Waals surface area contributed by atoms with Gasteiger partial charge in [-0.25, -0.2) is 0 Å². The minimum Gasteiger partial charge on any atom is -0.379 e. The summed E-state index contributed by atoms with van der Waals surface area (Å²) in [4.78, 5) is 25.2. The minimum atomic E-state index is -0.141. The maximum absolute atomic E-state index is 11.9. The highest BCUT2D eigenvalue weighted by molar-refractivity contribution is 5.94. The second-order valence-corrected chi connectivity index (χ2v) is 5.44. The lowest BCUT2D eigenvalue weighted by Crippen LogP contribution is -2.41. The number of benzene rings is 1. The lowest BCUT2D eigenvalue weighted by atomic mass is 10.2. The number of amides is 2. The van der Waals surface area contributed by atoms with Crippen molar-refractivity contribution in [2.45, 2.75) is 6.92 Å². The summed E-state index contributed by atoms with van der Waals surface area (Å²) in [5, 5.41) is 8.63. The summed E-state index contributed by atoms with van der Waals surface area (Å²) < 4.78 is 5.29. The van der Waals surface area contributed by atoms with E-state index in [-0.39, 0.29) is 18.4 Å². The number of hydrogen-bond acceptors (Lipinski definition) is 5. The Kier molecular flexibility index (Phi) is 6.99. The summed E-state index contributed by atoms with van der Waals surface area (Å²) in [7, 11) is 0. The number of nitrogens with one attached hydrogen (secondary N) is 3. The molecule has 7 nitrogen and oxygen atoms in total. The third kappa shape index (κ3) is 6.77. The number of carbonyl (C=O) groups excluding carboxylic acids is 2. The second-order valence-electron chi connectivity index (χ2n) is 5.44. The van der Waals surface area contributed by atoms with Crippen molar-refractivity contribution in [1.82, 2.24) is 10.2 Å². The monoisotopic (exact) mass is 320 g/mol. The summed E-state index contributed by atoms with van der Waals surface area (Å²) in [6.07, 6.45) is 0. The molecule has 0 atom stereocenters. The molecule has 0 saturated carbocycles. The molecular weight excluding hydrogens is 296 g/mol. The van der Waals surface area contributed by atoms with Crippen LogP contribution in [-0.2, 0) is 14.3 Å². The number of rotatable bonds is 7. The van der Waals surface area contributed by atoms with E-state index in [1.54, 1.807) is 24.3 Å².